The van der Waals surface area contributed by atoms with Crippen molar-refractivity contribution in [2.24, 2.45) is 11.8 Å². The van der Waals surface area contributed by atoms with Gasteiger partial charge in [0.05, 0.1) is 0 Å². The lowest BCUT2D eigenvalue weighted by Gasteiger charge is -2.32. The molecule has 1 saturated carbocycles. The van der Waals surface area contributed by atoms with Crippen molar-refractivity contribution in [2.45, 2.75) is 58.3 Å². The molecule has 18 heavy (non-hydrogen) atoms. The molecule has 1 aliphatic carbocycles. The standard InChI is InChI=1S/C15H25NO2/c1-12(17)14-7-9-16(10-8-14)15(18)11-13-5-3-2-4-6-13/h13-14H,2-11H2,1H3. The molecule has 0 radical (unpaired) electrons. The number of hydrogen-bond donors (Lipinski definition) is 0. The van der Waals surface area contributed by atoms with Gasteiger partial charge >= 0.3 is 0 Å². The minimum atomic E-state index is 0.198. The molecule has 0 unspecified atom stereocenters. The van der Waals surface area contributed by atoms with Crippen molar-refractivity contribution in [2.75, 3.05) is 13.1 Å². The summed E-state index contributed by atoms with van der Waals surface area (Å²) in [4.78, 5) is 25.5. The Balaban J connectivity index is 1.75. The van der Waals surface area contributed by atoms with Gasteiger partial charge in [0.1, 0.15) is 5.78 Å². The largest absolute Gasteiger partial charge is 0.343 e. The zero-order valence-electron chi connectivity index (χ0n) is 11.5. The van der Waals surface area contributed by atoms with Crippen LogP contribution in [0.15, 0.2) is 0 Å². The van der Waals surface area contributed by atoms with Crippen LogP contribution in [0, 0.1) is 11.8 Å². The third-order valence-electron chi connectivity index (χ3n) is 4.61. The fourth-order valence-electron chi connectivity index (χ4n) is 3.30. The predicted molar refractivity (Wildman–Crippen MR) is 71.2 cm³/mol. The van der Waals surface area contributed by atoms with E-state index in [9.17, 15) is 9.59 Å². The van der Waals surface area contributed by atoms with Gasteiger partial charge in [0.2, 0.25) is 5.91 Å². The van der Waals surface area contributed by atoms with Gasteiger partial charge in [0, 0.05) is 25.4 Å². The Morgan fingerprint density at radius 1 is 1.00 bits per heavy atom. The van der Waals surface area contributed by atoms with Crippen molar-refractivity contribution in [3.63, 3.8) is 0 Å². The second-order valence-electron chi connectivity index (χ2n) is 5.97. The van der Waals surface area contributed by atoms with E-state index in [0.29, 0.717) is 11.8 Å². The first kappa shape index (κ1) is 13.6. The number of carbonyl (C=O) groups excluding carboxylic acids is 2. The highest BCUT2D eigenvalue weighted by molar-refractivity contribution is 5.79. The lowest BCUT2D eigenvalue weighted by molar-refractivity contribution is -0.135. The third-order valence-corrected chi connectivity index (χ3v) is 4.61. The van der Waals surface area contributed by atoms with Crippen LogP contribution in [0.4, 0.5) is 0 Å². The molecule has 1 aliphatic heterocycles. The molecule has 1 saturated heterocycles. The lowest BCUT2D eigenvalue weighted by Crippen LogP contribution is -2.40. The number of Topliss-reactive ketones (excluding diaryl/α,β-unsaturated/α-hetero) is 1. The van der Waals surface area contributed by atoms with E-state index in [2.05, 4.69) is 0 Å². The molecular formula is C15H25NO2. The summed E-state index contributed by atoms with van der Waals surface area (Å²) in [5.74, 6) is 1.43. The molecule has 0 aromatic carbocycles. The lowest BCUT2D eigenvalue weighted by atomic mass is 9.86. The van der Waals surface area contributed by atoms with Gasteiger partial charge in [0.15, 0.2) is 0 Å². The zero-order chi connectivity index (χ0) is 13.0. The maximum absolute atomic E-state index is 12.2. The number of ketones is 1. The maximum atomic E-state index is 12.2. The molecule has 2 fully saturated rings. The molecule has 102 valence electrons. The number of carbonyl (C=O) groups is 2. The van der Waals surface area contributed by atoms with Crippen molar-refractivity contribution in [1.29, 1.82) is 0 Å². The molecule has 0 N–H and O–H groups in total. The molecular weight excluding hydrogens is 226 g/mol. The average molecular weight is 251 g/mol. The van der Waals surface area contributed by atoms with Crippen LogP contribution < -0.4 is 0 Å². The van der Waals surface area contributed by atoms with Crippen LogP contribution >= 0.6 is 0 Å². The minimum Gasteiger partial charge on any atom is -0.343 e. The van der Waals surface area contributed by atoms with Gasteiger partial charge in [-0.15, -0.1) is 0 Å². The molecule has 0 bridgehead atoms. The molecule has 1 amide bonds. The van der Waals surface area contributed by atoms with Crippen LogP contribution in [0.1, 0.15) is 58.3 Å². The van der Waals surface area contributed by atoms with E-state index in [1.54, 1.807) is 6.92 Å². The topological polar surface area (TPSA) is 37.4 Å². The highest BCUT2D eigenvalue weighted by Crippen LogP contribution is 2.27. The Labute approximate surface area is 110 Å². The Bertz CT molecular complexity index is 300. The maximum Gasteiger partial charge on any atom is 0.222 e. The molecule has 0 aromatic rings. The molecule has 1 heterocycles. The number of piperidine rings is 1. The SMILES string of the molecule is CC(=O)C1CCN(C(=O)CC2CCCCC2)CC1. The Hall–Kier alpha value is -0.860. The summed E-state index contributed by atoms with van der Waals surface area (Å²) in [7, 11) is 0. The van der Waals surface area contributed by atoms with Gasteiger partial charge in [-0.1, -0.05) is 19.3 Å². The molecule has 2 aliphatic rings. The van der Waals surface area contributed by atoms with Crippen LogP contribution in [-0.4, -0.2) is 29.7 Å². The molecule has 0 atom stereocenters. The summed E-state index contributed by atoms with van der Waals surface area (Å²) < 4.78 is 0. The summed E-state index contributed by atoms with van der Waals surface area (Å²) in [6.45, 7) is 3.25. The summed E-state index contributed by atoms with van der Waals surface area (Å²) in [6.07, 6.45) is 8.87. The van der Waals surface area contributed by atoms with Gasteiger partial charge in [-0.05, 0) is 38.5 Å². The van der Waals surface area contributed by atoms with Crippen LogP contribution in [0.25, 0.3) is 0 Å². The minimum absolute atomic E-state index is 0.198. The Kier molecular flexibility index (Phi) is 4.79. The van der Waals surface area contributed by atoms with E-state index in [-0.39, 0.29) is 11.7 Å². The van der Waals surface area contributed by atoms with E-state index >= 15 is 0 Å². The number of rotatable bonds is 3. The molecule has 3 heteroatoms. The number of amides is 1. The van der Waals surface area contributed by atoms with Crippen molar-refractivity contribution in [1.82, 2.24) is 4.90 Å². The zero-order valence-corrected chi connectivity index (χ0v) is 11.5. The van der Waals surface area contributed by atoms with Gasteiger partial charge in [0.25, 0.3) is 0 Å². The van der Waals surface area contributed by atoms with Crippen LogP contribution in [0.3, 0.4) is 0 Å². The second-order valence-corrected chi connectivity index (χ2v) is 5.97. The van der Waals surface area contributed by atoms with E-state index in [4.69, 9.17) is 0 Å². The van der Waals surface area contributed by atoms with Gasteiger partial charge in [-0.3, -0.25) is 9.59 Å². The first-order valence-corrected chi connectivity index (χ1v) is 7.45. The summed E-state index contributed by atoms with van der Waals surface area (Å²) in [5.41, 5.74) is 0. The van der Waals surface area contributed by atoms with Crippen LogP contribution in [-0.2, 0) is 9.59 Å². The first-order chi connectivity index (χ1) is 8.66. The van der Waals surface area contributed by atoms with Gasteiger partial charge in [-0.2, -0.15) is 0 Å². The van der Waals surface area contributed by atoms with E-state index in [1.807, 2.05) is 4.90 Å². The molecule has 0 spiro atoms. The highest BCUT2D eigenvalue weighted by atomic mass is 16.2. The second kappa shape index (κ2) is 6.35. The number of likely N-dealkylation sites (tertiary alicyclic amines) is 1. The molecule has 2 rings (SSSR count). The number of hydrogen-bond acceptors (Lipinski definition) is 2. The third kappa shape index (κ3) is 3.56. The fraction of sp³-hybridized carbons (Fsp3) is 0.867. The summed E-state index contributed by atoms with van der Waals surface area (Å²) in [6, 6.07) is 0. The van der Waals surface area contributed by atoms with Gasteiger partial charge in [-0.25, -0.2) is 0 Å². The Morgan fingerprint density at radius 3 is 2.17 bits per heavy atom. The first-order valence-electron chi connectivity index (χ1n) is 7.45. The molecule has 3 nitrogen and oxygen atoms in total. The normalized spacial score (nSPS) is 23.1. The van der Waals surface area contributed by atoms with Crippen LogP contribution in [0.2, 0.25) is 0 Å². The smallest absolute Gasteiger partial charge is 0.222 e. The Morgan fingerprint density at radius 2 is 1.61 bits per heavy atom. The highest BCUT2D eigenvalue weighted by Gasteiger charge is 2.26. The van der Waals surface area contributed by atoms with Gasteiger partial charge < -0.3 is 4.90 Å². The van der Waals surface area contributed by atoms with E-state index < -0.39 is 0 Å². The molecule has 0 aromatic heterocycles. The summed E-state index contributed by atoms with van der Waals surface area (Å²) in [5, 5.41) is 0. The van der Waals surface area contributed by atoms with Crippen molar-refractivity contribution < 1.29 is 9.59 Å². The fourth-order valence-corrected chi connectivity index (χ4v) is 3.30. The summed E-state index contributed by atoms with van der Waals surface area (Å²) >= 11 is 0. The monoisotopic (exact) mass is 251 g/mol. The number of nitrogens with zero attached hydrogens (tertiary/aromatic N) is 1. The van der Waals surface area contributed by atoms with Crippen molar-refractivity contribution >= 4 is 11.7 Å². The van der Waals surface area contributed by atoms with Crippen LogP contribution in [0.5, 0.6) is 0 Å². The van der Waals surface area contributed by atoms with Crippen molar-refractivity contribution in [3.05, 3.63) is 0 Å². The average Bonchev–Trinajstić information content (AvgIpc) is 2.40. The van der Waals surface area contributed by atoms with E-state index in [0.717, 1.165) is 32.4 Å². The van der Waals surface area contributed by atoms with Crippen molar-refractivity contribution in [3.8, 4) is 0 Å². The van der Waals surface area contributed by atoms with E-state index in [1.165, 1.54) is 32.1 Å². The predicted octanol–water partition coefficient (Wildman–Crippen LogP) is 2.78. The quantitative estimate of drug-likeness (QED) is 0.773.